The second kappa shape index (κ2) is 5.87. The highest BCUT2D eigenvalue weighted by atomic mass is 19.1. The maximum Gasteiger partial charge on any atom is 0.331 e. The Kier molecular flexibility index (Phi) is 4.16. The van der Waals surface area contributed by atoms with Gasteiger partial charge >= 0.3 is 5.69 Å². The third-order valence-electron chi connectivity index (χ3n) is 3.18. The average Bonchev–Trinajstić information content (AvgIpc) is 2.42. The van der Waals surface area contributed by atoms with Crippen LogP contribution in [0.5, 0.6) is 0 Å². The van der Waals surface area contributed by atoms with E-state index in [4.69, 9.17) is 0 Å². The van der Waals surface area contributed by atoms with Crippen LogP contribution in [0.3, 0.4) is 0 Å². The second-order valence-electron chi connectivity index (χ2n) is 4.59. The van der Waals surface area contributed by atoms with Crippen molar-refractivity contribution in [1.29, 1.82) is 0 Å². The van der Waals surface area contributed by atoms with Crippen molar-refractivity contribution in [3.8, 4) is 0 Å². The lowest BCUT2D eigenvalue weighted by Gasteiger charge is -2.13. The third-order valence-corrected chi connectivity index (χ3v) is 3.18. The monoisotopic (exact) mass is 292 g/mol. The molecule has 0 saturated heterocycles. The van der Waals surface area contributed by atoms with Gasteiger partial charge in [0.2, 0.25) is 0 Å². The van der Waals surface area contributed by atoms with E-state index in [9.17, 15) is 18.4 Å². The predicted molar refractivity (Wildman–Crippen MR) is 75.4 cm³/mol. The molecule has 0 saturated carbocycles. The number of aryl methyl sites for hydroxylation is 1. The molecule has 0 atom stereocenters. The summed E-state index contributed by atoms with van der Waals surface area (Å²) in [5.41, 5.74) is -0.968. The van der Waals surface area contributed by atoms with Gasteiger partial charge in [-0.25, -0.2) is 13.6 Å². The molecule has 4 nitrogen and oxygen atoms in total. The lowest BCUT2D eigenvalue weighted by atomic mass is 10.2. The Bertz CT molecular complexity index is 786. The fourth-order valence-electron chi connectivity index (χ4n) is 2.06. The average molecular weight is 292 g/mol. The Morgan fingerprint density at radius 2 is 1.81 bits per heavy atom. The van der Waals surface area contributed by atoms with Crippen molar-refractivity contribution in [3.05, 3.63) is 80.7 Å². The maximum absolute atomic E-state index is 13.7. The molecule has 1 aromatic heterocycles. The number of nitrogens with zero attached hydrogens (tertiary/aromatic N) is 2. The van der Waals surface area contributed by atoms with Crippen molar-refractivity contribution in [3.63, 3.8) is 0 Å². The Labute approximate surface area is 119 Å². The third kappa shape index (κ3) is 2.84. The molecule has 0 radical (unpaired) electrons. The van der Waals surface area contributed by atoms with Gasteiger partial charge in [0.25, 0.3) is 5.56 Å². The van der Waals surface area contributed by atoms with Gasteiger partial charge in [-0.05, 0) is 19.1 Å². The van der Waals surface area contributed by atoms with Crippen LogP contribution in [0.15, 0.2) is 46.5 Å². The number of hydrogen-bond acceptors (Lipinski definition) is 2. The first-order valence-corrected chi connectivity index (χ1v) is 6.30. The Balaban J connectivity index is 2.60. The fraction of sp³-hybridized carbons (Fsp3) is 0.200. The Morgan fingerprint density at radius 3 is 2.38 bits per heavy atom. The van der Waals surface area contributed by atoms with Gasteiger partial charge in [0.05, 0.1) is 6.54 Å². The number of halogens is 2. The number of rotatable bonds is 4. The van der Waals surface area contributed by atoms with E-state index < -0.39 is 22.9 Å². The van der Waals surface area contributed by atoms with E-state index in [1.54, 1.807) is 6.92 Å². The molecule has 0 aliphatic heterocycles. The van der Waals surface area contributed by atoms with Crippen LogP contribution in [-0.4, -0.2) is 9.13 Å². The first-order valence-electron chi connectivity index (χ1n) is 6.30. The molecule has 1 heterocycles. The van der Waals surface area contributed by atoms with Gasteiger partial charge in [-0.2, -0.15) is 0 Å². The van der Waals surface area contributed by atoms with E-state index >= 15 is 0 Å². The van der Waals surface area contributed by atoms with E-state index in [1.165, 1.54) is 18.2 Å². The molecule has 1 aromatic carbocycles. The molecule has 0 spiro atoms. The van der Waals surface area contributed by atoms with Crippen molar-refractivity contribution in [2.24, 2.45) is 0 Å². The van der Waals surface area contributed by atoms with Gasteiger partial charge in [0.15, 0.2) is 0 Å². The maximum atomic E-state index is 13.7. The number of aromatic nitrogens is 2. The van der Waals surface area contributed by atoms with Crippen molar-refractivity contribution in [2.45, 2.75) is 20.0 Å². The van der Waals surface area contributed by atoms with Crippen molar-refractivity contribution < 1.29 is 8.78 Å². The minimum absolute atomic E-state index is 0.0394. The van der Waals surface area contributed by atoms with Crippen LogP contribution in [0.1, 0.15) is 11.3 Å². The standard InChI is InChI=1S/C15H14F2N2O2/c1-3-7-18-14(20)8-10(2)19(15(18)21)9-11-12(16)5-4-6-13(11)17/h3-6,8H,1,7,9H2,2H3. The molecule has 0 bridgehead atoms. The molecule has 2 rings (SSSR count). The van der Waals surface area contributed by atoms with Gasteiger partial charge in [-0.15, -0.1) is 6.58 Å². The van der Waals surface area contributed by atoms with Crippen LogP contribution in [0, 0.1) is 18.6 Å². The second-order valence-corrected chi connectivity index (χ2v) is 4.59. The summed E-state index contributed by atoms with van der Waals surface area (Å²) in [6, 6.07) is 4.75. The smallest absolute Gasteiger partial charge is 0.293 e. The molecule has 0 aliphatic rings. The highest BCUT2D eigenvalue weighted by Gasteiger charge is 2.13. The summed E-state index contributed by atoms with van der Waals surface area (Å²) in [6.07, 6.45) is 1.41. The van der Waals surface area contributed by atoms with E-state index in [0.717, 1.165) is 21.3 Å². The minimum atomic E-state index is -0.734. The van der Waals surface area contributed by atoms with Gasteiger partial charge in [0.1, 0.15) is 11.6 Å². The number of allylic oxidation sites excluding steroid dienone is 1. The summed E-state index contributed by atoms with van der Waals surface area (Å²) in [4.78, 5) is 24.0. The summed E-state index contributed by atoms with van der Waals surface area (Å²) in [6.45, 7) is 4.78. The van der Waals surface area contributed by atoms with Gasteiger partial charge in [-0.1, -0.05) is 12.1 Å². The quantitative estimate of drug-likeness (QED) is 0.807. The highest BCUT2D eigenvalue weighted by molar-refractivity contribution is 5.20. The lowest BCUT2D eigenvalue weighted by molar-refractivity contribution is 0.525. The van der Waals surface area contributed by atoms with E-state index in [2.05, 4.69) is 6.58 Å². The molecule has 0 fully saturated rings. The van der Waals surface area contributed by atoms with Gasteiger partial charge < -0.3 is 0 Å². The first kappa shape index (κ1) is 14.9. The molecular formula is C15H14F2N2O2. The molecule has 6 heteroatoms. The van der Waals surface area contributed by atoms with Gasteiger partial charge in [-0.3, -0.25) is 13.9 Å². The SMILES string of the molecule is C=CCn1c(=O)cc(C)n(Cc2c(F)cccc2F)c1=O. The normalized spacial score (nSPS) is 10.6. The summed E-state index contributed by atoms with van der Waals surface area (Å²) < 4.78 is 29.5. The molecule has 110 valence electrons. The molecule has 0 aliphatic carbocycles. The lowest BCUT2D eigenvalue weighted by Crippen LogP contribution is -2.40. The van der Waals surface area contributed by atoms with Crippen LogP contribution >= 0.6 is 0 Å². The largest absolute Gasteiger partial charge is 0.331 e. The van der Waals surface area contributed by atoms with E-state index in [-0.39, 0.29) is 18.7 Å². The number of hydrogen-bond donors (Lipinski definition) is 0. The van der Waals surface area contributed by atoms with Crippen LogP contribution in [-0.2, 0) is 13.1 Å². The first-order chi connectivity index (χ1) is 9.95. The highest BCUT2D eigenvalue weighted by Crippen LogP contribution is 2.13. The van der Waals surface area contributed by atoms with Crippen LogP contribution in [0.2, 0.25) is 0 Å². The zero-order valence-electron chi connectivity index (χ0n) is 11.5. The molecule has 21 heavy (non-hydrogen) atoms. The zero-order chi connectivity index (χ0) is 15.6. The summed E-state index contributed by atoms with van der Waals surface area (Å²) >= 11 is 0. The van der Waals surface area contributed by atoms with Crippen LogP contribution < -0.4 is 11.2 Å². The molecule has 0 unspecified atom stereocenters. The van der Waals surface area contributed by atoms with Crippen LogP contribution in [0.25, 0.3) is 0 Å². The summed E-state index contributed by atoms with van der Waals surface area (Å²) in [7, 11) is 0. The Hall–Kier alpha value is -2.50. The van der Waals surface area contributed by atoms with E-state index in [0.29, 0.717) is 5.69 Å². The topological polar surface area (TPSA) is 44.0 Å². The predicted octanol–water partition coefficient (Wildman–Crippen LogP) is 1.83. The molecular weight excluding hydrogens is 278 g/mol. The molecule has 0 N–H and O–H groups in total. The number of benzene rings is 1. The minimum Gasteiger partial charge on any atom is -0.293 e. The molecule has 0 amide bonds. The van der Waals surface area contributed by atoms with Crippen molar-refractivity contribution >= 4 is 0 Å². The Morgan fingerprint density at radius 1 is 1.19 bits per heavy atom. The summed E-state index contributed by atoms with van der Waals surface area (Å²) in [5.74, 6) is -1.47. The van der Waals surface area contributed by atoms with Crippen molar-refractivity contribution in [2.75, 3.05) is 0 Å². The fourth-order valence-corrected chi connectivity index (χ4v) is 2.06. The molecule has 2 aromatic rings. The zero-order valence-corrected chi connectivity index (χ0v) is 11.5. The van der Waals surface area contributed by atoms with Gasteiger partial charge in [0, 0.05) is 23.9 Å². The van der Waals surface area contributed by atoms with Crippen molar-refractivity contribution in [1.82, 2.24) is 9.13 Å². The summed E-state index contributed by atoms with van der Waals surface area (Å²) in [5, 5.41) is 0. The van der Waals surface area contributed by atoms with E-state index in [1.807, 2.05) is 0 Å². The van der Waals surface area contributed by atoms with Crippen LogP contribution in [0.4, 0.5) is 8.78 Å².